The Balaban J connectivity index is 0.00000264. The Bertz CT molecular complexity index is 576. The smallest absolute Gasteiger partial charge is 0.229 e. The van der Waals surface area contributed by atoms with Crippen LogP contribution < -0.4 is 22.6 Å². The van der Waals surface area contributed by atoms with E-state index in [-0.39, 0.29) is 23.7 Å². The van der Waals surface area contributed by atoms with Gasteiger partial charge >= 0.3 is 0 Å². The molecule has 0 saturated heterocycles. The number of hydrogen-bond acceptors (Lipinski definition) is 1. The molecule has 1 amide bonds. The zero-order valence-electron chi connectivity index (χ0n) is 15.4. The molecule has 0 radical (unpaired) electrons. The van der Waals surface area contributed by atoms with Gasteiger partial charge in [-0.05, 0) is 31.4 Å². The molecular formula is C19H31ClN2O. The van der Waals surface area contributed by atoms with Gasteiger partial charge in [0.2, 0.25) is 5.91 Å². The van der Waals surface area contributed by atoms with Crippen LogP contribution in [0.2, 0.25) is 0 Å². The van der Waals surface area contributed by atoms with Gasteiger partial charge in [-0.3, -0.25) is 4.79 Å². The van der Waals surface area contributed by atoms with E-state index in [2.05, 4.69) is 32.2 Å². The standard InChI is InChI=1S/C19H30N2O.ClH/c1-7-8-10-21-11-9-15-13(2)12-14(3)16(17(15)21)20-18(22)19(4,5)6;/h12H,7-11H2,1-6H3,(H,20,22);1H. The molecule has 1 heterocycles. The summed E-state index contributed by atoms with van der Waals surface area (Å²) in [7, 11) is 0. The van der Waals surface area contributed by atoms with E-state index >= 15 is 0 Å². The van der Waals surface area contributed by atoms with Crippen LogP contribution in [0.3, 0.4) is 0 Å². The molecule has 1 atom stereocenters. The summed E-state index contributed by atoms with van der Waals surface area (Å²) in [6, 6.07) is 2.22. The van der Waals surface area contributed by atoms with Gasteiger partial charge in [-0.1, -0.05) is 40.2 Å². The van der Waals surface area contributed by atoms with Gasteiger partial charge in [0.15, 0.2) is 5.69 Å². The Labute approximate surface area is 147 Å². The van der Waals surface area contributed by atoms with Crippen molar-refractivity contribution in [2.75, 3.05) is 18.4 Å². The minimum Gasteiger partial charge on any atom is -1.00 e. The Morgan fingerprint density at radius 3 is 2.48 bits per heavy atom. The van der Waals surface area contributed by atoms with Crippen LogP contribution >= 0.6 is 0 Å². The number of anilines is 1. The molecular weight excluding hydrogens is 308 g/mol. The highest BCUT2D eigenvalue weighted by Crippen LogP contribution is 2.33. The average molecular weight is 339 g/mol. The van der Waals surface area contributed by atoms with Crippen LogP contribution in [0.1, 0.15) is 57.2 Å². The van der Waals surface area contributed by atoms with E-state index in [1.54, 1.807) is 0 Å². The molecule has 0 fully saturated rings. The molecule has 0 spiro atoms. The third-order valence-electron chi connectivity index (χ3n) is 4.64. The summed E-state index contributed by atoms with van der Waals surface area (Å²) >= 11 is 0. The van der Waals surface area contributed by atoms with E-state index in [4.69, 9.17) is 0 Å². The number of halogens is 1. The van der Waals surface area contributed by atoms with E-state index in [1.807, 2.05) is 20.8 Å². The van der Waals surface area contributed by atoms with Gasteiger partial charge in [0.05, 0.1) is 13.1 Å². The summed E-state index contributed by atoms with van der Waals surface area (Å²) in [6.07, 6.45) is 3.57. The van der Waals surface area contributed by atoms with Crippen LogP contribution in [0.15, 0.2) is 6.07 Å². The number of rotatable bonds is 4. The van der Waals surface area contributed by atoms with Gasteiger partial charge in [-0.2, -0.15) is 0 Å². The molecule has 1 unspecified atom stereocenters. The van der Waals surface area contributed by atoms with Crippen molar-refractivity contribution < 1.29 is 22.1 Å². The second-order valence-corrected chi connectivity index (χ2v) is 7.65. The number of fused-ring (bicyclic) bond motifs is 1. The maximum Gasteiger partial charge on any atom is 0.229 e. The predicted molar refractivity (Wildman–Crippen MR) is 93.0 cm³/mol. The molecule has 0 saturated carbocycles. The lowest BCUT2D eigenvalue weighted by atomic mass is 9.94. The zero-order valence-corrected chi connectivity index (χ0v) is 16.2. The molecule has 3 nitrogen and oxygen atoms in total. The number of hydrogen-bond donors (Lipinski definition) is 2. The number of benzene rings is 1. The third-order valence-corrected chi connectivity index (χ3v) is 4.64. The van der Waals surface area contributed by atoms with Crippen LogP contribution in [0.4, 0.5) is 11.4 Å². The van der Waals surface area contributed by atoms with Crippen molar-refractivity contribution in [3.05, 3.63) is 22.8 Å². The lowest BCUT2D eigenvalue weighted by molar-refractivity contribution is -0.825. The lowest BCUT2D eigenvalue weighted by Crippen LogP contribution is -3.06. The number of carbonyl (C=O) groups is 1. The van der Waals surface area contributed by atoms with E-state index in [0.717, 1.165) is 25.2 Å². The maximum absolute atomic E-state index is 12.5. The lowest BCUT2D eigenvalue weighted by Gasteiger charge is -2.23. The summed E-state index contributed by atoms with van der Waals surface area (Å²) in [4.78, 5) is 14.0. The maximum atomic E-state index is 12.5. The zero-order chi connectivity index (χ0) is 16.5. The van der Waals surface area contributed by atoms with Crippen molar-refractivity contribution in [1.29, 1.82) is 0 Å². The van der Waals surface area contributed by atoms with Crippen molar-refractivity contribution in [3.8, 4) is 0 Å². The van der Waals surface area contributed by atoms with Crippen molar-refractivity contribution in [2.24, 2.45) is 5.41 Å². The molecule has 0 aromatic heterocycles. The Morgan fingerprint density at radius 2 is 1.91 bits per heavy atom. The van der Waals surface area contributed by atoms with Crippen LogP contribution in [-0.4, -0.2) is 19.0 Å². The summed E-state index contributed by atoms with van der Waals surface area (Å²) in [5, 5.41) is 3.22. The van der Waals surface area contributed by atoms with Crippen molar-refractivity contribution in [2.45, 2.75) is 60.8 Å². The van der Waals surface area contributed by atoms with Crippen molar-refractivity contribution in [1.82, 2.24) is 0 Å². The first kappa shape index (κ1) is 20.0. The number of quaternary nitrogens is 1. The monoisotopic (exact) mass is 338 g/mol. The highest BCUT2D eigenvalue weighted by Gasteiger charge is 2.32. The van der Waals surface area contributed by atoms with Gasteiger partial charge in [-0.25, -0.2) is 0 Å². The normalized spacial score (nSPS) is 16.7. The fourth-order valence-electron chi connectivity index (χ4n) is 3.24. The van der Waals surface area contributed by atoms with Crippen LogP contribution in [0, 0.1) is 19.3 Å². The second-order valence-electron chi connectivity index (χ2n) is 7.65. The van der Waals surface area contributed by atoms with Gasteiger partial charge in [0.25, 0.3) is 0 Å². The Hall–Kier alpha value is -1.06. The SMILES string of the molecule is CCCC[NH+]1CCc2c(C)cc(C)c(NC(=O)C(C)(C)C)c21.[Cl-]. The first-order chi connectivity index (χ1) is 10.3. The molecule has 4 heteroatoms. The van der Waals surface area contributed by atoms with E-state index < -0.39 is 0 Å². The fourth-order valence-corrected chi connectivity index (χ4v) is 3.24. The Morgan fingerprint density at radius 1 is 1.26 bits per heavy atom. The molecule has 130 valence electrons. The molecule has 1 aromatic rings. The molecule has 1 aliphatic heterocycles. The molecule has 1 aromatic carbocycles. The average Bonchev–Trinajstić information content (AvgIpc) is 2.84. The van der Waals surface area contributed by atoms with E-state index in [1.165, 1.54) is 40.1 Å². The highest BCUT2D eigenvalue weighted by molar-refractivity contribution is 5.97. The first-order valence-corrected chi connectivity index (χ1v) is 8.55. The quantitative estimate of drug-likeness (QED) is 0.806. The van der Waals surface area contributed by atoms with Gasteiger partial charge in [-0.15, -0.1) is 0 Å². The molecule has 0 aliphatic carbocycles. The highest BCUT2D eigenvalue weighted by atomic mass is 35.5. The number of amides is 1. The topological polar surface area (TPSA) is 33.5 Å². The molecule has 2 N–H and O–H groups in total. The van der Waals surface area contributed by atoms with Gasteiger partial charge in [0, 0.05) is 17.4 Å². The molecule has 1 aliphatic rings. The number of aryl methyl sites for hydroxylation is 2. The predicted octanol–water partition coefficient (Wildman–Crippen LogP) is 0.165. The summed E-state index contributed by atoms with van der Waals surface area (Å²) in [5.74, 6) is 0.100. The van der Waals surface area contributed by atoms with E-state index in [0.29, 0.717) is 0 Å². The van der Waals surface area contributed by atoms with Gasteiger partial charge < -0.3 is 22.6 Å². The minimum atomic E-state index is -0.369. The van der Waals surface area contributed by atoms with Crippen LogP contribution in [0.5, 0.6) is 0 Å². The third kappa shape index (κ3) is 4.27. The first-order valence-electron chi connectivity index (χ1n) is 8.55. The molecule has 0 bridgehead atoms. The molecule has 2 rings (SSSR count). The van der Waals surface area contributed by atoms with Crippen molar-refractivity contribution in [3.63, 3.8) is 0 Å². The van der Waals surface area contributed by atoms with Crippen LogP contribution in [0.25, 0.3) is 0 Å². The van der Waals surface area contributed by atoms with Crippen LogP contribution in [-0.2, 0) is 11.2 Å². The number of unbranched alkanes of at least 4 members (excludes halogenated alkanes) is 1. The minimum absolute atomic E-state index is 0. The van der Waals surface area contributed by atoms with Gasteiger partial charge in [0.1, 0.15) is 5.69 Å². The summed E-state index contributed by atoms with van der Waals surface area (Å²) in [5.41, 5.74) is 6.04. The van der Waals surface area contributed by atoms with Crippen molar-refractivity contribution >= 4 is 17.3 Å². The number of carbonyl (C=O) groups excluding carboxylic acids is 1. The fraction of sp³-hybridized carbons (Fsp3) is 0.632. The number of nitrogens with one attached hydrogen (secondary N) is 2. The van der Waals surface area contributed by atoms with E-state index in [9.17, 15) is 4.79 Å². The largest absolute Gasteiger partial charge is 1.00 e. The summed E-state index contributed by atoms with van der Waals surface area (Å²) in [6.45, 7) is 14.8. The summed E-state index contributed by atoms with van der Waals surface area (Å²) < 4.78 is 0. The molecule has 23 heavy (non-hydrogen) atoms. The Kier molecular flexibility index (Phi) is 6.67. The second kappa shape index (κ2) is 7.67.